The molecule has 0 aromatic heterocycles. The zero-order valence-corrected chi connectivity index (χ0v) is 8.71. The molecule has 0 fully saturated rings. The van der Waals surface area contributed by atoms with Gasteiger partial charge in [-0.15, -0.1) is 0 Å². The monoisotopic (exact) mass is 194 g/mol. The summed E-state index contributed by atoms with van der Waals surface area (Å²) >= 11 is 0. The molecule has 1 nitrogen and oxygen atoms in total. The molecule has 0 saturated carbocycles. The first-order chi connectivity index (χ1) is 6.50. The van der Waals surface area contributed by atoms with Crippen LogP contribution < -0.4 is 0 Å². The van der Waals surface area contributed by atoms with Crippen molar-refractivity contribution >= 4 is 6.08 Å². The van der Waals surface area contributed by atoms with Crippen molar-refractivity contribution in [2.24, 2.45) is 0 Å². The minimum Gasteiger partial charge on any atom is -0.389 e. The normalized spacial score (nSPS) is 14.2. The maximum absolute atomic E-state index is 13.1. The predicted molar refractivity (Wildman–Crippen MR) is 56.5 cm³/mol. The zero-order valence-electron chi connectivity index (χ0n) is 8.71. The molecular formula is C12H15FO. The Morgan fingerprint density at radius 1 is 1.50 bits per heavy atom. The number of halogens is 1. The van der Waals surface area contributed by atoms with Gasteiger partial charge in [-0.3, -0.25) is 0 Å². The van der Waals surface area contributed by atoms with Crippen LogP contribution in [0.1, 0.15) is 25.0 Å². The van der Waals surface area contributed by atoms with Gasteiger partial charge in [0.25, 0.3) is 0 Å². The van der Waals surface area contributed by atoms with E-state index in [0.29, 0.717) is 5.56 Å². The van der Waals surface area contributed by atoms with E-state index in [2.05, 4.69) is 0 Å². The molecule has 0 aliphatic carbocycles. The Labute approximate surface area is 83.9 Å². The molecular weight excluding hydrogens is 179 g/mol. The first-order valence-corrected chi connectivity index (χ1v) is 4.63. The second-order valence-electron chi connectivity index (χ2n) is 3.57. The molecule has 0 aliphatic heterocycles. The van der Waals surface area contributed by atoms with Crippen molar-refractivity contribution in [2.45, 2.75) is 26.9 Å². The van der Waals surface area contributed by atoms with Gasteiger partial charge in [-0.25, -0.2) is 4.39 Å². The number of aliphatic hydroxyl groups is 1. The Kier molecular flexibility index (Phi) is 3.42. The third-order valence-electron chi connectivity index (χ3n) is 2.25. The first kappa shape index (κ1) is 10.9. The maximum atomic E-state index is 13.1. The Morgan fingerprint density at radius 2 is 2.14 bits per heavy atom. The Balaban J connectivity index is 2.98. The van der Waals surface area contributed by atoms with Gasteiger partial charge in [-0.05, 0) is 43.5 Å². The summed E-state index contributed by atoms with van der Waals surface area (Å²) in [5.41, 5.74) is 2.25. The van der Waals surface area contributed by atoms with E-state index in [4.69, 9.17) is 0 Å². The summed E-state index contributed by atoms with van der Waals surface area (Å²) in [4.78, 5) is 0. The molecule has 14 heavy (non-hydrogen) atoms. The number of rotatable bonds is 2. The number of hydrogen-bond donors (Lipinski definition) is 1. The van der Waals surface area contributed by atoms with Crippen molar-refractivity contribution in [3.05, 3.63) is 40.7 Å². The quantitative estimate of drug-likeness (QED) is 0.767. The number of hydrogen-bond acceptors (Lipinski definition) is 1. The SMILES string of the molecule is C/C(=C\c1ccc(C)c(F)c1)C(C)O. The van der Waals surface area contributed by atoms with Crippen molar-refractivity contribution in [2.75, 3.05) is 0 Å². The lowest BCUT2D eigenvalue weighted by atomic mass is 10.1. The summed E-state index contributed by atoms with van der Waals surface area (Å²) in [5.74, 6) is -0.211. The second kappa shape index (κ2) is 4.38. The lowest BCUT2D eigenvalue weighted by molar-refractivity contribution is 0.232. The van der Waals surface area contributed by atoms with Gasteiger partial charge in [0, 0.05) is 0 Å². The van der Waals surface area contributed by atoms with E-state index >= 15 is 0 Å². The van der Waals surface area contributed by atoms with E-state index < -0.39 is 6.10 Å². The Bertz CT molecular complexity index is 353. The maximum Gasteiger partial charge on any atom is 0.126 e. The standard InChI is InChI=1S/C12H15FO/c1-8-4-5-11(7-12(8)13)6-9(2)10(3)14/h4-7,10,14H,1-3H3/b9-6+. The molecule has 0 aliphatic rings. The van der Waals surface area contributed by atoms with Crippen LogP contribution in [0, 0.1) is 12.7 Å². The summed E-state index contributed by atoms with van der Waals surface area (Å²) in [6.45, 7) is 5.24. The van der Waals surface area contributed by atoms with E-state index in [1.54, 1.807) is 26.0 Å². The second-order valence-corrected chi connectivity index (χ2v) is 3.57. The fourth-order valence-corrected chi connectivity index (χ4v) is 1.08. The summed E-state index contributed by atoms with van der Waals surface area (Å²) in [6, 6.07) is 5.04. The molecule has 1 aromatic carbocycles. The number of aryl methyl sites for hydroxylation is 1. The molecule has 1 atom stereocenters. The van der Waals surface area contributed by atoms with Crippen molar-refractivity contribution < 1.29 is 9.50 Å². The lowest BCUT2D eigenvalue weighted by Gasteiger charge is -2.04. The average Bonchev–Trinajstić information content (AvgIpc) is 2.11. The van der Waals surface area contributed by atoms with E-state index in [1.165, 1.54) is 6.07 Å². The van der Waals surface area contributed by atoms with Crippen LogP contribution in [0.3, 0.4) is 0 Å². The molecule has 0 spiro atoms. The molecule has 2 heteroatoms. The molecule has 1 N–H and O–H groups in total. The van der Waals surface area contributed by atoms with E-state index in [9.17, 15) is 9.50 Å². The van der Waals surface area contributed by atoms with Gasteiger partial charge in [0.15, 0.2) is 0 Å². The Morgan fingerprint density at radius 3 is 2.64 bits per heavy atom. The average molecular weight is 194 g/mol. The summed E-state index contributed by atoms with van der Waals surface area (Å²) < 4.78 is 13.1. The summed E-state index contributed by atoms with van der Waals surface area (Å²) in [5, 5.41) is 9.24. The minimum absolute atomic E-state index is 0.211. The molecule has 0 bridgehead atoms. The number of aliphatic hydroxyl groups excluding tert-OH is 1. The zero-order chi connectivity index (χ0) is 10.7. The van der Waals surface area contributed by atoms with Crippen LogP contribution >= 0.6 is 0 Å². The van der Waals surface area contributed by atoms with Crippen molar-refractivity contribution in [1.82, 2.24) is 0 Å². The van der Waals surface area contributed by atoms with Crippen LogP contribution in [0.15, 0.2) is 23.8 Å². The highest BCUT2D eigenvalue weighted by Crippen LogP contribution is 2.13. The van der Waals surface area contributed by atoms with Crippen LogP contribution in [0.5, 0.6) is 0 Å². The van der Waals surface area contributed by atoms with Crippen molar-refractivity contribution in [3.63, 3.8) is 0 Å². The highest BCUT2D eigenvalue weighted by atomic mass is 19.1. The smallest absolute Gasteiger partial charge is 0.126 e. The fourth-order valence-electron chi connectivity index (χ4n) is 1.08. The van der Waals surface area contributed by atoms with E-state index in [1.807, 2.05) is 13.0 Å². The van der Waals surface area contributed by atoms with Crippen LogP contribution in [0.25, 0.3) is 6.08 Å². The minimum atomic E-state index is -0.487. The summed E-state index contributed by atoms with van der Waals surface area (Å²) in [6.07, 6.45) is 1.30. The van der Waals surface area contributed by atoms with Gasteiger partial charge in [0.1, 0.15) is 5.82 Å². The number of benzene rings is 1. The van der Waals surface area contributed by atoms with Crippen molar-refractivity contribution in [1.29, 1.82) is 0 Å². The van der Waals surface area contributed by atoms with Gasteiger partial charge in [0.2, 0.25) is 0 Å². The first-order valence-electron chi connectivity index (χ1n) is 4.63. The Hall–Kier alpha value is -1.15. The highest BCUT2D eigenvalue weighted by Gasteiger charge is 2.00. The fraction of sp³-hybridized carbons (Fsp3) is 0.333. The van der Waals surface area contributed by atoms with Gasteiger partial charge < -0.3 is 5.11 Å². The van der Waals surface area contributed by atoms with Gasteiger partial charge in [0.05, 0.1) is 6.10 Å². The van der Waals surface area contributed by atoms with Gasteiger partial charge in [-0.2, -0.15) is 0 Å². The molecule has 0 heterocycles. The van der Waals surface area contributed by atoms with Crippen LogP contribution in [-0.4, -0.2) is 11.2 Å². The molecule has 1 unspecified atom stereocenters. The van der Waals surface area contributed by atoms with E-state index in [-0.39, 0.29) is 5.82 Å². The van der Waals surface area contributed by atoms with Gasteiger partial charge >= 0.3 is 0 Å². The van der Waals surface area contributed by atoms with Crippen molar-refractivity contribution in [3.8, 4) is 0 Å². The molecule has 1 rings (SSSR count). The van der Waals surface area contributed by atoms with Crippen LogP contribution in [0.2, 0.25) is 0 Å². The third kappa shape index (κ3) is 2.67. The molecule has 76 valence electrons. The predicted octanol–water partition coefficient (Wildman–Crippen LogP) is 2.92. The molecule has 0 saturated heterocycles. The lowest BCUT2D eigenvalue weighted by Crippen LogP contribution is -2.00. The third-order valence-corrected chi connectivity index (χ3v) is 2.25. The molecule has 0 amide bonds. The van der Waals surface area contributed by atoms with Crippen LogP contribution in [0.4, 0.5) is 4.39 Å². The van der Waals surface area contributed by atoms with Gasteiger partial charge in [-0.1, -0.05) is 18.2 Å². The highest BCUT2D eigenvalue weighted by molar-refractivity contribution is 5.53. The molecule has 0 radical (unpaired) electrons. The molecule has 1 aromatic rings. The van der Waals surface area contributed by atoms with Crippen LogP contribution in [-0.2, 0) is 0 Å². The largest absolute Gasteiger partial charge is 0.389 e. The topological polar surface area (TPSA) is 20.2 Å². The van der Waals surface area contributed by atoms with E-state index in [0.717, 1.165) is 11.1 Å². The summed E-state index contributed by atoms with van der Waals surface area (Å²) in [7, 11) is 0.